The van der Waals surface area contributed by atoms with Crippen molar-refractivity contribution in [3.05, 3.63) is 29.6 Å². The van der Waals surface area contributed by atoms with Crippen molar-refractivity contribution in [1.82, 2.24) is 10.3 Å². The number of hydrogen-bond acceptors (Lipinski definition) is 2. The van der Waals surface area contributed by atoms with Crippen LogP contribution in [0.5, 0.6) is 0 Å². The zero-order valence-corrected chi connectivity index (χ0v) is 10.4. The molecular weight excluding hydrogens is 208 g/mol. The SMILES string of the molecule is Cc1cncc(CNCC(C)(C)CCl)c1. The quantitative estimate of drug-likeness (QED) is 0.781. The van der Waals surface area contributed by atoms with Crippen molar-refractivity contribution in [2.45, 2.75) is 27.3 Å². The number of hydrogen-bond donors (Lipinski definition) is 1. The Morgan fingerprint density at radius 1 is 1.40 bits per heavy atom. The normalized spacial score (nSPS) is 11.7. The van der Waals surface area contributed by atoms with Crippen molar-refractivity contribution in [3.8, 4) is 0 Å². The summed E-state index contributed by atoms with van der Waals surface area (Å²) in [6.45, 7) is 8.14. The molecule has 0 spiro atoms. The van der Waals surface area contributed by atoms with E-state index in [1.807, 2.05) is 12.4 Å². The van der Waals surface area contributed by atoms with E-state index in [1.54, 1.807) is 0 Å². The number of nitrogens with one attached hydrogen (secondary N) is 1. The largest absolute Gasteiger partial charge is 0.312 e. The van der Waals surface area contributed by atoms with Crippen LogP contribution in [0.1, 0.15) is 25.0 Å². The molecule has 0 aliphatic rings. The fourth-order valence-corrected chi connectivity index (χ4v) is 1.40. The Morgan fingerprint density at radius 2 is 2.13 bits per heavy atom. The van der Waals surface area contributed by atoms with E-state index in [9.17, 15) is 0 Å². The minimum Gasteiger partial charge on any atom is -0.312 e. The highest BCUT2D eigenvalue weighted by Gasteiger charge is 2.15. The van der Waals surface area contributed by atoms with Crippen LogP contribution in [0.2, 0.25) is 0 Å². The predicted molar refractivity (Wildman–Crippen MR) is 65.2 cm³/mol. The Labute approximate surface area is 97.1 Å². The maximum Gasteiger partial charge on any atom is 0.0313 e. The van der Waals surface area contributed by atoms with Gasteiger partial charge in [-0.05, 0) is 23.5 Å². The molecule has 1 rings (SSSR count). The van der Waals surface area contributed by atoms with Crippen molar-refractivity contribution in [3.63, 3.8) is 0 Å². The van der Waals surface area contributed by atoms with E-state index < -0.39 is 0 Å². The molecule has 0 aromatic carbocycles. The Bertz CT molecular complexity index is 310. The molecule has 0 radical (unpaired) electrons. The van der Waals surface area contributed by atoms with E-state index >= 15 is 0 Å². The second-order valence-corrected chi connectivity index (χ2v) is 5.04. The number of pyridine rings is 1. The van der Waals surface area contributed by atoms with E-state index in [4.69, 9.17) is 11.6 Å². The van der Waals surface area contributed by atoms with Crippen molar-refractivity contribution in [2.24, 2.45) is 5.41 Å². The monoisotopic (exact) mass is 226 g/mol. The van der Waals surface area contributed by atoms with Crippen LogP contribution in [0.15, 0.2) is 18.5 Å². The Balaban J connectivity index is 2.38. The summed E-state index contributed by atoms with van der Waals surface area (Å²) in [6.07, 6.45) is 3.76. The van der Waals surface area contributed by atoms with Gasteiger partial charge in [0.2, 0.25) is 0 Å². The van der Waals surface area contributed by atoms with Crippen molar-refractivity contribution < 1.29 is 0 Å². The number of aromatic nitrogens is 1. The van der Waals surface area contributed by atoms with Crippen molar-refractivity contribution >= 4 is 11.6 Å². The molecule has 2 nitrogen and oxygen atoms in total. The third-order valence-electron chi connectivity index (χ3n) is 2.23. The smallest absolute Gasteiger partial charge is 0.0313 e. The number of rotatable bonds is 5. The lowest BCUT2D eigenvalue weighted by Crippen LogP contribution is -2.30. The van der Waals surface area contributed by atoms with Gasteiger partial charge in [-0.15, -0.1) is 11.6 Å². The highest BCUT2D eigenvalue weighted by Crippen LogP contribution is 2.15. The predicted octanol–water partition coefficient (Wildman–Crippen LogP) is 2.74. The van der Waals surface area contributed by atoms with Crippen LogP contribution < -0.4 is 5.32 Å². The van der Waals surface area contributed by atoms with E-state index in [1.165, 1.54) is 11.1 Å². The average Bonchev–Trinajstić information content (AvgIpc) is 2.18. The van der Waals surface area contributed by atoms with Gasteiger partial charge in [0.15, 0.2) is 0 Å². The third-order valence-corrected chi connectivity index (χ3v) is 2.95. The molecule has 0 aliphatic carbocycles. The van der Waals surface area contributed by atoms with E-state index in [0.29, 0.717) is 5.88 Å². The van der Waals surface area contributed by atoms with Gasteiger partial charge in [-0.2, -0.15) is 0 Å². The lowest BCUT2D eigenvalue weighted by Gasteiger charge is -2.21. The zero-order valence-electron chi connectivity index (χ0n) is 9.68. The summed E-state index contributed by atoms with van der Waals surface area (Å²) in [5.41, 5.74) is 2.57. The fourth-order valence-electron chi connectivity index (χ4n) is 1.31. The van der Waals surface area contributed by atoms with Gasteiger partial charge in [0.25, 0.3) is 0 Å². The fraction of sp³-hybridized carbons (Fsp3) is 0.583. The first-order chi connectivity index (χ1) is 7.03. The van der Waals surface area contributed by atoms with Crippen LogP contribution in [0.25, 0.3) is 0 Å². The average molecular weight is 227 g/mol. The van der Waals surface area contributed by atoms with Gasteiger partial charge >= 0.3 is 0 Å². The van der Waals surface area contributed by atoms with Crippen LogP contribution in [0.3, 0.4) is 0 Å². The molecule has 0 aliphatic heterocycles. The highest BCUT2D eigenvalue weighted by molar-refractivity contribution is 6.18. The maximum atomic E-state index is 5.85. The molecular formula is C12H19ClN2. The van der Waals surface area contributed by atoms with Gasteiger partial charge in [-0.1, -0.05) is 19.9 Å². The summed E-state index contributed by atoms with van der Waals surface area (Å²) in [5, 5.41) is 3.40. The van der Waals surface area contributed by atoms with Gasteiger partial charge in [0.05, 0.1) is 0 Å². The van der Waals surface area contributed by atoms with Gasteiger partial charge in [0.1, 0.15) is 0 Å². The molecule has 0 saturated heterocycles. The summed E-state index contributed by atoms with van der Waals surface area (Å²) >= 11 is 5.85. The third kappa shape index (κ3) is 4.63. The van der Waals surface area contributed by atoms with Crippen LogP contribution in [-0.4, -0.2) is 17.4 Å². The molecule has 0 saturated carbocycles. The van der Waals surface area contributed by atoms with Gasteiger partial charge in [-0.3, -0.25) is 4.98 Å². The molecule has 1 aromatic heterocycles. The summed E-state index contributed by atoms with van der Waals surface area (Å²) in [7, 11) is 0. The highest BCUT2D eigenvalue weighted by atomic mass is 35.5. The first-order valence-electron chi connectivity index (χ1n) is 5.21. The summed E-state index contributed by atoms with van der Waals surface area (Å²) < 4.78 is 0. The molecule has 1 heterocycles. The van der Waals surface area contributed by atoms with E-state index in [-0.39, 0.29) is 5.41 Å². The lowest BCUT2D eigenvalue weighted by molar-refractivity contribution is 0.385. The van der Waals surface area contributed by atoms with Gasteiger partial charge in [0, 0.05) is 31.4 Å². The summed E-state index contributed by atoms with van der Waals surface area (Å²) in [4.78, 5) is 4.15. The first kappa shape index (κ1) is 12.5. The number of halogens is 1. The van der Waals surface area contributed by atoms with Crippen LogP contribution in [0, 0.1) is 12.3 Å². The second-order valence-electron chi connectivity index (χ2n) is 4.77. The lowest BCUT2D eigenvalue weighted by atomic mass is 9.96. The number of aryl methyl sites for hydroxylation is 1. The van der Waals surface area contributed by atoms with Gasteiger partial charge in [-0.25, -0.2) is 0 Å². The molecule has 1 N–H and O–H groups in total. The van der Waals surface area contributed by atoms with Crippen molar-refractivity contribution in [2.75, 3.05) is 12.4 Å². The topological polar surface area (TPSA) is 24.9 Å². The molecule has 0 amide bonds. The standard InChI is InChI=1S/C12H19ClN2/c1-10-4-11(6-14-5-10)7-15-9-12(2,3)8-13/h4-6,15H,7-9H2,1-3H3. The van der Waals surface area contributed by atoms with E-state index in [2.05, 4.69) is 37.1 Å². The zero-order chi connectivity index (χ0) is 11.3. The molecule has 3 heteroatoms. The minimum absolute atomic E-state index is 0.152. The molecule has 84 valence electrons. The first-order valence-corrected chi connectivity index (χ1v) is 5.74. The Kier molecular flexibility index (Phi) is 4.55. The molecule has 0 bridgehead atoms. The van der Waals surface area contributed by atoms with Crippen LogP contribution in [-0.2, 0) is 6.54 Å². The molecule has 0 fully saturated rings. The number of nitrogens with zero attached hydrogens (tertiary/aromatic N) is 1. The molecule has 15 heavy (non-hydrogen) atoms. The second kappa shape index (κ2) is 5.47. The summed E-state index contributed by atoms with van der Waals surface area (Å²) in [6, 6.07) is 2.15. The molecule has 0 unspecified atom stereocenters. The van der Waals surface area contributed by atoms with E-state index in [0.717, 1.165) is 13.1 Å². The van der Waals surface area contributed by atoms with Crippen molar-refractivity contribution in [1.29, 1.82) is 0 Å². The Hall–Kier alpha value is -0.600. The maximum absolute atomic E-state index is 5.85. The van der Waals surface area contributed by atoms with Gasteiger partial charge < -0.3 is 5.32 Å². The molecule has 1 aromatic rings. The van der Waals surface area contributed by atoms with Crippen LogP contribution >= 0.6 is 11.6 Å². The Morgan fingerprint density at radius 3 is 2.73 bits per heavy atom. The minimum atomic E-state index is 0.152. The van der Waals surface area contributed by atoms with Crippen LogP contribution in [0.4, 0.5) is 0 Å². The molecule has 0 atom stereocenters. The summed E-state index contributed by atoms with van der Waals surface area (Å²) in [5.74, 6) is 0.673. The number of alkyl halides is 1.